The van der Waals surface area contributed by atoms with Gasteiger partial charge in [-0.1, -0.05) is 6.92 Å². The minimum Gasteiger partial charge on any atom is -0.367 e. The van der Waals surface area contributed by atoms with Crippen molar-refractivity contribution in [1.82, 2.24) is 9.97 Å². The van der Waals surface area contributed by atoms with Crippen LogP contribution in [0.3, 0.4) is 0 Å². The predicted molar refractivity (Wildman–Crippen MR) is 47.8 cm³/mol. The van der Waals surface area contributed by atoms with Crippen LogP contribution < -0.4 is 5.32 Å². The zero-order chi connectivity index (χ0) is 9.26. The summed E-state index contributed by atoms with van der Waals surface area (Å²) in [5, 5.41) is 3.16. The third-order valence-electron chi connectivity index (χ3n) is 2.36. The molecule has 0 amide bonds. The van der Waals surface area contributed by atoms with E-state index < -0.39 is 5.95 Å². The van der Waals surface area contributed by atoms with Crippen LogP contribution in [-0.2, 0) is 0 Å². The second-order valence-corrected chi connectivity index (χ2v) is 3.64. The topological polar surface area (TPSA) is 37.8 Å². The van der Waals surface area contributed by atoms with Gasteiger partial charge in [0.05, 0.1) is 0 Å². The van der Waals surface area contributed by atoms with Gasteiger partial charge in [0, 0.05) is 12.1 Å². The molecule has 1 saturated carbocycles. The summed E-state index contributed by atoms with van der Waals surface area (Å²) in [6.07, 6.45) is 3.52. The summed E-state index contributed by atoms with van der Waals surface area (Å²) >= 11 is 0. The molecule has 0 atom stereocenters. The summed E-state index contributed by atoms with van der Waals surface area (Å²) < 4.78 is 12.6. The summed E-state index contributed by atoms with van der Waals surface area (Å²) in [5.41, 5.74) is 0. The first kappa shape index (κ1) is 8.41. The van der Waals surface area contributed by atoms with Crippen LogP contribution in [0.5, 0.6) is 0 Å². The van der Waals surface area contributed by atoms with E-state index >= 15 is 0 Å². The van der Waals surface area contributed by atoms with Crippen LogP contribution in [0.2, 0.25) is 0 Å². The molecule has 1 aliphatic rings. The van der Waals surface area contributed by atoms with Gasteiger partial charge in [-0.25, -0.2) is 9.97 Å². The Morgan fingerprint density at radius 2 is 2.23 bits per heavy atom. The highest BCUT2D eigenvalue weighted by molar-refractivity contribution is 5.34. The van der Waals surface area contributed by atoms with Gasteiger partial charge in [-0.2, -0.15) is 4.39 Å². The highest BCUT2D eigenvalue weighted by Crippen LogP contribution is 2.28. The number of aromatic nitrogens is 2. The molecule has 1 heterocycles. The van der Waals surface area contributed by atoms with E-state index in [2.05, 4.69) is 22.2 Å². The predicted octanol–water partition coefficient (Wildman–Crippen LogP) is 1.83. The van der Waals surface area contributed by atoms with Gasteiger partial charge in [0.15, 0.2) is 0 Å². The molecule has 1 aromatic heterocycles. The molecule has 1 aromatic rings. The highest BCUT2D eigenvalue weighted by atomic mass is 19.1. The number of halogens is 1. The van der Waals surface area contributed by atoms with Gasteiger partial charge in [-0.05, 0) is 18.8 Å². The number of nitrogens with zero attached hydrogens (tertiary/aromatic N) is 2. The molecule has 1 N–H and O–H groups in total. The molecule has 13 heavy (non-hydrogen) atoms. The van der Waals surface area contributed by atoms with Crippen LogP contribution in [0, 0.1) is 11.9 Å². The Balaban J connectivity index is 1.94. The summed E-state index contributed by atoms with van der Waals surface area (Å²) in [7, 11) is 0. The molecule has 70 valence electrons. The Hall–Kier alpha value is -1.19. The zero-order valence-corrected chi connectivity index (χ0v) is 7.50. The van der Waals surface area contributed by atoms with Gasteiger partial charge < -0.3 is 5.32 Å². The minimum atomic E-state index is -0.482. The molecule has 3 nitrogen and oxygen atoms in total. The van der Waals surface area contributed by atoms with Crippen molar-refractivity contribution in [2.45, 2.75) is 25.8 Å². The van der Waals surface area contributed by atoms with Gasteiger partial charge >= 0.3 is 0 Å². The third kappa shape index (κ3) is 1.94. The molecule has 4 heteroatoms. The lowest BCUT2D eigenvalue weighted by atomic mass is 9.82. The highest BCUT2D eigenvalue weighted by Gasteiger charge is 2.25. The number of nitrogens with one attached hydrogen (secondary N) is 1. The van der Waals surface area contributed by atoms with E-state index in [9.17, 15) is 4.39 Å². The first-order valence-corrected chi connectivity index (χ1v) is 4.48. The maximum Gasteiger partial charge on any atom is 0.217 e. The van der Waals surface area contributed by atoms with Crippen LogP contribution >= 0.6 is 0 Å². The minimum absolute atomic E-state index is 0.462. The first-order chi connectivity index (χ1) is 6.24. The van der Waals surface area contributed by atoms with E-state index in [1.807, 2.05) is 0 Å². The maximum absolute atomic E-state index is 12.6. The van der Waals surface area contributed by atoms with Crippen molar-refractivity contribution in [2.24, 2.45) is 5.92 Å². The summed E-state index contributed by atoms with van der Waals surface area (Å²) in [5.74, 6) is 0.887. The lowest BCUT2D eigenvalue weighted by Gasteiger charge is -2.33. The molecule has 1 fully saturated rings. The molecule has 0 unspecified atom stereocenters. The number of hydrogen-bond donors (Lipinski definition) is 1. The van der Waals surface area contributed by atoms with Crippen LogP contribution in [0.15, 0.2) is 12.4 Å². The molecular formula is C9H12FN3. The number of hydrogen-bond acceptors (Lipinski definition) is 3. The molecule has 1 aliphatic carbocycles. The van der Waals surface area contributed by atoms with E-state index in [1.165, 1.54) is 12.4 Å². The van der Waals surface area contributed by atoms with Crippen LogP contribution in [-0.4, -0.2) is 16.0 Å². The molecule has 0 aliphatic heterocycles. The third-order valence-corrected chi connectivity index (χ3v) is 2.36. The van der Waals surface area contributed by atoms with Crippen molar-refractivity contribution in [3.8, 4) is 0 Å². The fourth-order valence-corrected chi connectivity index (χ4v) is 1.64. The molecule has 0 aromatic carbocycles. The average molecular weight is 181 g/mol. The van der Waals surface area contributed by atoms with Crippen molar-refractivity contribution in [1.29, 1.82) is 0 Å². The van der Waals surface area contributed by atoms with Crippen molar-refractivity contribution < 1.29 is 4.39 Å². The first-order valence-electron chi connectivity index (χ1n) is 4.48. The fraction of sp³-hybridized carbons (Fsp3) is 0.556. The van der Waals surface area contributed by atoms with E-state index in [1.54, 1.807) is 0 Å². The van der Waals surface area contributed by atoms with Gasteiger partial charge in [-0.15, -0.1) is 0 Å². The molecule has 0 radical (unpaired) electrons. The standard InChI is InChI=1S/C9H12FN3/c1-6-2-7(3-6)13-9-4-8(10)11-5-12-9/h4-7H,2-3H2,1H3,(H,11,12,13). The van der Waals surface area contributed by atoms with Gasteiger partial charge in [0.1, 0.15) is 12.1 Å². The molecule has 2 rings (SSSR count). The summed E-state index contributed by atoms with van der Waals surface area (Å²) in [6.45, 7) is 2.21. The number of anilines is 1. The fourth-order valence-electron chi connectivity index (χ4n) is 1.64. The smallest absolute Gasteiger partial charge is 0.217 e. The van der Waals surface area contributed by atoms with Crippen LogP contribution in [0.25, 0.3) is 0 Å². The summed E-state index contributed by atoms with van der Waals surface area (Å²) in [6, 6.07) is 1.78. The normalized spacial score (nSPS) is 26.6. The second kappa shape index (κ2) is 3.28. The van der Waals surface area contributed by atoms with Gasteiger partial charge in [0.2, 0.25) is 5.95 Å². The van der Waals surface area contributed by atoms with E-state index in [-0.39, 0.29) is 0 Å². The molecule has 0 saturated heterocycles. The van der Waals surface area contributed by atoms with Crippen molar-refractivity contribution in [3.05, 3.63) is 18.3 Å². The Morgan fingerprint density at radius 3 is 2.85 bits per heavy atom. The lowest BCUT2D eigenvalue weighted by molar-refractivity contribution is 0.308. The van der Waals surface area contributed by atoms with Crippen LogP contribution in [0.4, 0.5) is 10.2 Å². The Bertz CT molecular complexity index is 297. The van der Waals surface area contributed by atoms with Gasteiger partial charge in [0.25, 0.3) is 0 Å². The maximum atomic E-state index is 12.6. The molecule has 0 bridgehead atoms. The van der Waals surface area contributed by atoms with E-state index in [4.69, 9.17) is 0 Å². The summed E-state index contributed by atoms with van der Waals surface area (Å²) in [4.78, 5) is 7.31. The largest absolute Gasteiger partial charge is 0.367 e. The zero-order valence-electron chi connectivity index (χ0n) is 7.50. The Morgan fingerprint density at radius 1 is 1.46 bits per heavy atom. The van der Waals surface area contributed by atoms with Crippen molar-refractivity contribution in [3.63, 3.8) is 0 Å². The second-order valence-electron chi connectivity index (χ2n) is 3.64. The lowest BCUT2D eigenvalue weighted by Crippen LogP contribution is -2.34. The Kier molecular flexibility index (Phi) is 2.12. The van der Waals surface area contributed by atoms with E-state index in [0.717, 1.165) is 18.8 Å². The molecule has 0 spiro atoms. The number of rotatable bonds is 2. The van der Waals surface area contributed by atoms with Gasteiger partial charge in [-0.3, -0.25) is 0 Å². The van der Waals surface area contributed by atoms with E-state index in [0.29, 0.717) is 11.9 Å². The van der Waals surface area contributed by atoms with Crippen molar-refractivity contribution in [2.75, 3.05) is 5.32 Å². The van der Waals surface area contributed by atoms with Crippen molar-refractivity contribution >= 4 is 5.82 Å². The SMILES string of the molecule is CC1CC(Nc2cc(F)ncn2)C1. The Labute approximate surface area is 76.4 Å². The monoisotopic (exact) mass is 181 g/mol. The van der Waals surface area contributed by atoms with Crippen LogP contribution in [0.1, 0.15) is 19.8 Å². The molecular weight excluding hydrogens is 169 g/mol. The average Bonchev–Trinajstić information content (AvgIpc) is 2.01. The quantitative estimate of drug-likeness (QED) is 0.707.